The molecule has 3 N–H and O–H groups in total. The van der Waals surface area contributed by atoms with E-state index in [0.29, 0.717) is 44.4 Å². The molecule has 6 fully saturated rings. The van der Waals surface area contributed by atoms with Gasteiger partial charge in [-0.3, -0.25) is 57.5 Å². The van der Waals surface area contributed by atoms with Gasteiger partial charge in [0, 0.05) is 68.8 Å². The molecule has 560 valence electrons. The first kappa shape index (κ1) is 81.5. The molecule has 0 radical (unpaired) electrons. The van der Waals surface area contributed by atoms with Gasteiger partial charge in [-0.15, -0.1) is 0 Å². The second kappa shape index (κ2) is 35.4. The number of halogens is 4. The molecule has 23 nitrogen and oxygen atoms in total. The molecule has 0 aromatic rings. The fourth-order valence-corrected chi connectivity index (χ4v) is 16.0. The van der Waals surface area contributed by atoms with Crippen LogP contribution in [0, 0.1) is 46.8 Å². The second-order valence-corrected chi connectivity index (χ2v) is 31.0. The van der Waals surface area contributed by atoms with Crippen molar-refractivity contribution >= 4 is 70.8 Å². The average Bonchev–Trinajstić information content (AvgIpc) is 1.77. The van der Waals surface area contributed by atoms with Gasteiger partial charge in [0.25, 0.3) is 0 Å². The van der Waals surface area contributed by atoms with Crippen LogP contribution in [0.25, 0.3) is 0 Å². The Labute approximate surface area is 584 Å². The Kier molecular flexibility index (Phi) is 29.2. The number of hydrogen-bond donors (Lipinski definition) is 3. The minimum Gasteiger partial charge on any atom is -0.347 e. The molecule has 0 bridgehead atoms. The predicted octanol–water partition coefficient (Wildman–Crippen LogP) is 6.67. The number of likely N-dealkylation sites (N-methyl/N-ethyl adjacent to an activating group) is 6. The molecule has 3 unspecified atom stereocenters. The Morgan fingerprint density at radius 1 is 0.626 bits per heavy atom. The van der Waals surface area contributed by atoms with E-state index in [1.165, 1.54) is 85.7 Å². The van der Waals surface area contributed by atoms with Gasteiger partial charge in [0.2, 0.25) is 65.0 Å². The lowest BCUT2D eigenvalue weighted by Gasteiger charge is -2.44. The Bertz CT molecular complexity index is 2890. The lowest BCUT2D eigenvalue weighted by Crippen LogP contribution is -2.65. The van der Waals surface area contributed by atoms with Gasteiger partial charge < -0.3 is 55.1 Å². The maximum absolute atomic E-state index is 15.5. The van der Waals surface area contributed by atoms with E-state index in [2.05, 4.69) is 22.9 Å². The molecule has 3 saturated carbocycles. The topological polar surface area (TPSA) is 267 Å². The summed E-state index contributed by atoms with van der Waals surface area (Å²) < 4.78 is 56.9. The molecule has 14 atom stereocenters. The third kappa shape index (κ3) is 20.0. The van der Waals surface area contributed by atoms with Crippen LogP contribution in [0.15, 0.2) is 0 Å². The van der Waals surface area contributed by atoms with Gasteiger partial charge in [-0.25, -0.2) is 4.39 Å². The number of Topliss-reactive ketones (excluding diaryl/α,β-unsaturated/α-hetero) is 1. The van der Waals surface area contributed by atoms with Crippen LogP contribution in [0.4, 0.5) is 17.6 Å². The molecular formula is C72H117F4N11O12. The summed E-state index contributed by atoms with van der Waals surface area (Å²) in [7, 11) is 10.1. The first-order valence-electron chi connectivity index (χ1n) is 36.7. The maximum Gasteiger partial charge on any atom is 0.394 e. The zero-order valence-corrected chi connectivity index (χ0v) is 61.7. The van der Waals surface area contributed by atoms with Crippen molar-refractivity contribution in [3.63, 3.8) is 0 Å². The summed E-state index contributed by atoms with van der Waals surface area (Å²) in [6, 6.07) is -10.9. The highest BCUT2D eigenvalue weighted by Crippen LogP contribution is 2.46. The quantitative estimate of drug-likeness (QED) is 0.163. The normalized spacial score (nSPS) is 31.8. The standard InChI is InChI=1S/C72H117F4N11O12/c1-16-44(6)60-63(92)77-46(8)64(93)87-36-32-54(87)68(97)83(13)55(38-48-25-23-43(5)24-26-48)67(96)81(11)41-58(89)78-51(30-28-47-27-29-49(50(73)37-47)72(74,75)76)65(94)86-35-20-21-52(86)57(88)40-71(33-18-19-34-71)70(99)85(15)61(45(7)17-2)69(98)84(14)56(66(95)80(9)10)39-59(90)82(12)53(62(91)79-60)31-22-42(3)4/h42-56,60-61H,16-41H2,1-15H3,(H,77,92)(H,78,89)(H,79,91)/t43?,44-,45-,46-,47?,48?,49?,50?,51-,52-,53-,54-,55-,56-,60-,61-/m0/s1. The number of rotatable bonds is 13. The number of nitrogens with one attached hydrogen (secondary N) is 3. The fraction of sp³-hybridized carbons (Fsp3) is 0.833. The van der Waals surface area contributed by atoms with E-state index < -0.39 is 192 Å². The number of alkyl halides is 4. The van der Waals surface area contributed by atoms with Gasteiger partial charge in [-0.2, -0.15) is 13.2 Å². The van der Waals surface area contributed by atoms with Crippen molar-refractivity contribution < 1.29 is 75.1 Å². The summed E-state index contributed by atoms with van der Waals surface area (Å²) in [5, 5.41) is 8.44. The third-order valence-corrected chi connectivity index (χ3v) is 23.2. The van der Waals surface area contributed by atoms with Crippen molar-refractivity contribution in [2.24, 2.45) is 46.8 Å². The predicted molar refractivity (Wildman–Crippen MR) is 364 cm³/mol. The molecule has 3 aliphatic heterocycles. The Hall–Kier alpha value is -6.44. The smallest absolute Gasteiger partial charge is 0.347 e. The largest absolute Gasteiger partial charge is 0.394 e. The van der Waals surface area contributed by atoms with Gasteiger partial charge >= 0.3 is 6.18 Å². The molecule has 0 aromatic heterocycles. The number of ketones is 1. The van der Waals surface area contributed by atoms with Crippen LogP contribution >= 0.6 is 0 Å². The van der Waals surface area contributed by atoms with E-state index in [4.69, 9.17) is 0 Å². The van der Waals surface area contributed by atoms with Crippen molar-refractivity contribution in [1.82, 2.24) is 55.1 Å². The number of nitrogens with zero attached hydrogens (tertiary/aromatic N) is 8. The zero-order valence-electron chi connectivity index (χ0n) is 61.7. The van der Waals surface area contributed by atoms with Gasteiger partial charge in [0.15, 0.2) is 5.78 Å². The number of carbonyl (C=O) groups is 12. The maximum atomic E-state index is 15.5. The minimum absolute atomic E-state index is 0.00651. The van der Waals surface area contributed by atoms with Crippen LogP contribution in [0.1, 0.15) is 203 Å². The van der Waals surface area contributed by atoms with Gasteiger partial charge in [0.05, 0.1) is 30.3 Å². The van der Waals surface area contributed by atoms with Crippen LogP contribution < -0.4 is 16.0 Å². The lowest BCUT2D eigenvalue weighted by molar-refractivity contribution is -0.201. The highest BCUT2D eigenvalue weighted by atomic mass is 19.4. The number of hydrogen-bond acceptors (Lipinski definition) is 12. The summed E-state index contributed by atoms with van der Waals surface area (Å²) >= 11 is 0. The molecule has 6 rings (SSSR count). The molecule has 0 aromatic carbocycles. The molecule has 6 aliphatic rings. The number of amides is 11. The van der Waals surface area contributed by atoms with E-state index >= 15 is 23.6 Å². The van der Waals surface area contributed by atoms with Gasteiger partial charge in [-0.05, 0) is 126 Å². The molecule has 11 amide bonds. The van der Waals surface area contributed by atoms with Crippen LogP contribution in [-0.2, 0) is 57.5 Å². The highest BCUT2D eigenvalue weighted by Gasteiger charge is 2.52. The molecule has 99 heavy (non-hydrogen) atoms. The van der Waals surface area contributed by atoms with Crippen molar-refractivity contribution in [2.75, 3.05) is 69.0 Å². The van der Waals surface area contributed by atoms with Crippen LogP contribution in [0.3, 0.4) is 0 Å². The average molecular weight is 1400 g/mol. The molecule has 1 spiro atoms. The van der Waals surface area contributed by atoms with Crippen molar-refractivity contribution in [1.29, 1.82) is 0 Å². The first-order valence-corrected chi connectivity index (χ1v) is 36.7. The van der Waals surface area contributed by atoms with E-state index in [1.54, 1.807) is 13.8 Å². The van der Waals surface area contributed by atoms with Gasteiger partial charge in [-0.1, -0.05) is 99.8 Å². The highest BCUT2D eigenvalue weighted by molar-refractivity contribution is 6.01. The Morgan fingerprint density at radius 3 is 1.81 bits per heavy atom. The fourth-order valence-electron chi connectivity index (χ4n) is 16.0. The summed E-state index contributed by atoms with van der Waals surface area (Å²) in [5.41, 5.74) is -1.34. The van der Waals surface area contributed by atoms with Gasteiger partial charge in [0.1, 0.15) is 54.5 Å². The molecule has 3 aliphatic carbocycles. The van der Waals surface area contributed by atoms with Crippen molar-refractivity contribution in [3.05, 3.63) is 0 Å². The Morgan fingerprint density at radius 2 is 1.24 bits per heavy atom. The molecule has 3 saturated heterocycles. The third-order valence-electron chi connectivity index (χ3n) is 23.2. The molecule has 3 heterocycles. The minimum atomic E-state index is -4.75. The van der Waals surface area contributed by atoms with Crippen LogP contribution in [0.5, 0.6) is 0 Å². The lowest BCUT2D eigenvalue weighted by atomic mass is 9.77. The molecular weight excluding hydrogens is 1290 g/mol. The van der Waals surface area contributed by atoms with E-state index in [9.17, 15) is 51.5 Å². The van der Waals surface area contributed by atoms with E-state index in [-0.39, 0.29) is 89.1 Å². The summed E-state index contributed by atoms with van der Waals surface area (Å²) in [6.45, 7) is 14.3. The van der Waals surface area contributed by atoms with Crippen molar-refractivity contribution in [3.8, 4) is 0 Å². The summed E-state index contributed by atoms with van der Waals surface area (Å²) in [5.74, 6) is -10.8. The summed E-state index contributed by atoms with van der Waals surface area (Å²) in [4.78, 5) is 189. The van der Waals surface area contributed by atoms with Crippen LogP contribution in [-0.4, -0.2) is 246 Å². The molecule has 27 heteroatoms. The zero-order chi connectivity index (χ0) is 73.9. The van der Waals surface area contributed by atoms with E-state index in [1.807, 2.05) is 27.7 Å². The summed E-state index contributed by atoms with van der Waals surface area (Å²) in [6.07, 6.45) is -1.53. The SMILES string of the molecule is CC[C@H](C)[C@@H]1NC(=O)[C@H](CCC(C)C)N(C)C(=O)C[C@@H](C(=O)N(C)C)N(C)C(=O)[C@H]([C@@H](C)CC)N(C)C(=O)C2(CCCC2)CC(=O)[C@@H]2CCCN2C(=O)[C@H](CCC2CCC(C(F)(F)F)C(F)C2)NC(=O)CN(C)C(=O)[C@H](CC2CCC(C)CC2)N(C)C(=O)[C@@H]2CCN2C(=O)[C@H](C)NC1=O. The van der Waals surface area contributed by atoms with Crippen LogP contribution in [0.2, 0.25) is 0 Å². The van der Waals surface area contributed by atoms with Crippen molar-refractivity contribution in [2.45, 2.75) is 270 Å². The second-order valence-electron chi connectivity index (χ2n) is 31.0. The number of fused-ring (bicyclic) bond motifs is 2. The Balaban J connectivity index is 1.42. The van der Waals surface area contributed by atoms with E-state index in [0.717, 1.165) is 35.5 Å². The number of carbonyl (C=O) groups excluding carboxylic acids is 12. The monoisotopic (exact) mass is 1400 g/mol. The first-order chi connectivity index (χ1) is 46.4.